The second-order valence-corrected chi connectivity index (χ2v) is 5.42. The zero-order valence-electron chi connectivity index (χ0n) is 7.24. The maximum atomic E-state index is 6.05. The maximum absolute atomic E-state index is 6.05. The van der Waals surface area contributed by atoms with E-state index in [9.17, 15) is 0 Å². The molecule has 0 spiro atoms. The normalized spacial score (nSPS) is 10.4. The van der Waals surface area contributed by atoms with Gasteiger partial charge in [-0.3, -0.25) is 0 Å². The molecule has 2 N–H and O–H groups in total. The van der Waals surface area contributed by atoms with Gasteiger partial charge in [0.15, 0.2) is 0 Å². The first kappa shape index (κ1) is 9.90. The second kappa shape index (κ2) is 4.26. The molecular formula is C10H8ClNS2. The van der Waals surface area contributed by atoms with Crippen molar-refractivity contribution in [2.24, 2.45) is 0 Å². The minimum atomic E-state index is 0.700. The minimum absolute atomic E-state index is 0.700. The number of nitrogen functional groups attached to an aromatic ring is 1. The van der Waals surface area contributed by atoms with Gasteiger partial charge in [-0.2, -0.15) is 0 Å². The van der Waals surface area contributed by atoms with Crippen LogP contribution in [0.3, 0.4) is 0 Å². The standard InChI is InChI=1S/C10H8ClNS2/c11-8-6-7(12)3-4-9(8)14-10-2-1-5-13-10/h1-6H,12H2. The fraction of sp³-hybridized carbons (Fsp3) is 0. The van der Waals surface area contributed by atoms with Crippen LogP contribution >= 0.6 is 34.7 Å². The summed E-state index contributed by atoms with van der Waals surface area (Å²) in [5.74, 6) is 0. The van der Waals surface area contributed by atoms with Crippen molar-refractivity contribution < 1.29 is 0 Å². The van der Waals surface area contributed by atoms with Crippen molar-refractivity contribution >= 4 is 40.4 Å². The van der Waals surface area contributed by atoms with Gasteiger partial charge in [-0.05, 0) is 29.6 Å². The van der Waals surface area contributed by atoms with E-state index < -0.39 is 0 Å². The highest BCUT2D eigenvalue weighted by molar-refractivity contribution is 8.01. The van der Waals surface area contributed by atoms with Crippen LogP contribution in [-0.2, 0) is 0 Å². The number of halogens is 1. The van der Waals surface area contributed by atoms with E-state index in [0.29, 0.717) is 10.7 Å². The lowest BCUT2D eigenvalue weighted by Crippen LogP contribution is -1.83. The third kappa shape index (κ3) is 2.23. The van der Waals surface area contributed by atoms with Crippen molar-refractivity contribution in [1.82, 2.24) is 0 Å². The van der Waals surface area contributed by atoms with Crippen LogP contribution in [0.25, 0.3) is 0 Å². The van der Waals surface area contributed by atoms with Crippen LogP contribution in [0.4, 0.5) is 5.69 Å². The Kier molecular flexibility index (Phi) is 3.01. The number of thiophene rings is 1. The molecule has 1 aromatic carbocycles. The van der Waals surface area contributed by atoms with E-state index in [2.05, 4.69) is 6.07 Å². The molecule has 0 aliphatic heterocycles. The number of hydrogen-bond acceptors (Lipinski definition) is 3. The zero-order chi connectivity index (χ0) is 9.97. The quantitative estimate of drug-likeness (QED) is 0.800. The number of benzene rings is 1. The van der Waals surface area contributed by atoms with Crippen LogP contribution in [-0.4, -0.2) is 0 Å². The first-order valence-corrected chi connectivity index (χ1v) is 6.09. The Morgan fingerprint density at radius 1 is 1.29 bits per heavy atom. The smallest absolute Gasteiger partial charge is 0.0646 e. The summed E-state index contributed by atoms with van der Waals surface area (Å²) in [6.07, 6.45) is 0. The molecular weight excluding hydrogens is 234 g/mol. The van der Waals surface area contributed by atoms with Crippen molar-refractivity contribution in [3.05, 3.63) is 40.7 Å². The van der Waals surface area contributed by atoms with E-state index in [1.54, 1.807) is 29.2 Å². The van der Waals surface area contributed by atoms with Crippen LogP contribution in [0.15, 0.2) is 44.8 Å². The molecule has 0 unspecified atom stereocenters. The van der Waals surface area contributed by atoms with Gasteiger partial charge in [-0.15, -0.1) is 11.3 Å². The van der Waals surface area contributed by atoms with E-state index in [1.807, 2.05) is 23.6 Å². The van der Waals surface area contributed by atoms with Crippen LogP contribution in [0.2, 0.25) is 5.02 Å². The molecule has 0 bridgehead atoms. The van der Waals surface area contributed by atoms with Crippen molar-refractivity contribution in [3.63, 3.8) is 0 Å². The van der Waals surface area contributed by atoms with Gasteiger partial charge < -0.3 is 5.73 Å². The first-order chi connectivity index (χ1) is 6.75. The SMILES string of the molecule is Nc1ccc(Sc2cccs2)c(Cl)c1. The molecule has 1 heterocycles. The van der Waals surface area contributed by atoms with Gasteiger partial charge >= 0.3 is 0 Å². The predicted molar refractivity (Wildman–Crippen MR) is 64.3 cm³/mol. The topological polar surface area (TPSA) is 26.0 Å². The van der Waals surface area contributed by atoms with Crippen LogP contribution < -0.4 is 5.73 Å². The van der Waals surface area contributed by atoms with E-state index in [1.165, 1.54) is 4.21 Å². The Morgan fingerprint density at radius 3 is 2.79 bits per heavy atom. The summed E-state index contributed by atoms with van der Waals surface area (Å²) >= 11 is 9.41. The molecule has 0 radical (unpaired) electrons. The maximum Gasteiger partial charge on any atom is 0.0646 e. The molecule has 1 aromatic heterocycles. The van der Waals surface area contributed by atoms with E-state index in [-0.39, 0.29) is 0 Å². The number of hydrogen-bond donors (Lipinski definition) is 1. The van der Waals surface area contributed by atoms with Crippen molar-refractivity contribution in [2.45, 2.75) is 9.10 Å². The monoisotopic (exact) mass is 241 g/mol. The number of nitrogens with two attached hydrogens (primary N) is 1. The molecule has 72 valence electrons. The number of rotatable bonds is 2. The summed E-state index contributed by atoms with van der Waals surface area (Å²) in [4.78, 5) is 1.04. The number of anilines is 1. The molecule has 2 aromatic rings. The summed E-state index contributed by atoms with van der Waals surface area (Å²) in [6, 6.07) is 9.68. The Bertz CT molecular complexity index is 426. The Hall–Kier alpha value is -0.640. The third-order valence-electron chi connectivity index (χ3n) is 1.66. The van der Waals surface area contributed by atoms with E-state index >= 15 is 0 Å². The highest BCUT2D eigenvalue weighted by Gasteiger charge is 2.03. The molecule has 0 amide bonds. The molecule has 0 aliphatic rings. The molecule has 0 fully saturated rings. The van der Waals surface area contributed by atoms with E-state index in [0.717, 1.165) is 4.90 Å². The summed E-state index contributed by atoms with van der Waals surface area (Å²) in [5, 5.41) is 2.76. The molecule has 0 atom stereocenters. The van der Waals surface area contributed by atoms with Gasteiger partial charge in [0.1, 0.15) is 0 Å². The average Bonchev–Trinajstić information content (AvgIpc) is 2.62. The molecule has 0 saturated carbocycles. The van der Waals surface area contributed by atoms with Gasteiger partial charge in [0.2, 0.25) is 0 Å². The van der Waals surface area contributed by atoms with Crippen LogP contribution in [0, 0.1) is 0 Å². The van der Waals surface area contributed by atoms with Gasteiger partial charge in [-0.1, -0.05) is 29.4 Å². The highest BCUT2D eigenvalue weighted by Crippen LogP contribution is 2.36. The van der Waals surface area contributed by atoms with Crippen molar-refractivity contribution in [2.75, 3.05) is 5.73 Å². The zero-order valence-corrected chi connectivity index (χ0v) is 9.62. The molecule has 14 heavy (non-hydrogen) atoms. The van der Waals surface area contributed by atoms with Crippen LogP contribution in [0.1, 0.15) is 0 Å². The van der Waals surface area contributed by atoms with Gasteiger partial charge in [0.05, 0.1) is 9.23 Å². The average molecular weight is 242 g/mol. The van der Waals surface area contributed by atoms with Crippen molar-refractivity contribution in [3.8, 4) is 0 Å². The fourth-order valence-electron chi connectivity index (χ4n) is 1.03. The largest absolute Gasteiger partial charge is 0.399 e. The van der Waals surface area contributed by atoms with Gasteiger partial charge in [0, 0.05) is 10.6 Å². The molecule has 1 nitrogen and oxygen atoms in total. The van der Waals surface area contributed by atoms with Gasteiger partial charge in [0.25, 0.3) is 0 Å². The minimum Gasteiger partial charge on any atom is -0.399 e. The molecule has 0 aliphatic carbocycles. The highest BCUT2D eigenvalue weighted by atomic mass is 35.5. The Morgan fingerprint density at radius 2 is 2.14 bits per heavy atom. The first-order valence-electron chi connectivity index (χ1n) is 4.02. The Labute approximate surface area is 95.9 Å². The van der Waals surface area contributed by atoms with E-state index in [4.69, 9.17) is 17.3 Å². The van der Waals surface area contributed by atoms with Gasteiger partial charge in [-0.25, -0.2) is 0 Å². The summed E-state index contributed by atoms with van der Waals surface area (Å²) in [6.45, 7) is 0. The molecule has 2 rings (SSSR count). The van der Waals surface area contributed by atoms with Crippen LogP contribution in [0.5, 0.6) is 0 Å². The predicted octanol–water partition coefficient (Wildman–Crippen LogP) is 4.13. The summed E-state index contributed by atoms with van der Waals surface area (Å²) in [5.41, 5.74) is 6.31. The second-order valence-electron chi connectivity index (χ2n) is 2.72. The summed E-state index contributed by atoms with van der Waals surface area (Å²) < 4.78 is 1.23. The fourth-order valence-corrected chi connectivity index (χ4v) is 3.07. The molecule has 4 heteroatoms. The summed E-state index contributed by atoms with van der Waals surface area (Å²) in [7, 11) is 0. The lowest BCUT2D eigenvalue weighted by molar-refractivity contribution is 1.45. The molecule has 0 saturated heterocycles. The lowest BCUT2D eigenvalue weighted by Gasteiger charge is -2.02. The van der Waals surface area contributed by atoms with Crippen molar-refractivity contribution in [1.29, 1.82) is 0 Å². The Balaban J connectivity index is 2.25. The third-order valence-corrected chi connectivity index (χ3v) is 4.20. The lowest BCUT2D eigenvalue weighted by atomic mass is 10.3.